The topological polar surface area (TPSA) is 80.3 Å². The van der Waals surface area contributed by atoms with Crippen LogP contribution in [0.2, 0.25) is 5.02 Å². The molecule has 138 valence electrons. The minimum Gasteiger partial charge on any atom is -0.495 e. The van der Waals surface area contributed by atoms with E-state index >= 15 is 0 Å². The average molecular weight is 376 g/mol. The summed E-state index contributed by atoms with van der Waals surface area (Å²) in [5.41, 5.74) is 0.835. The third-order valence-electron chi connectivity index (χ3n) is 4.04. The molecule has 7 heteroatoms. The molecule has 0 unspecified atom stereocenters. The van der Waals surface area contributed by atoms with Gasteiger partial charge < -0.3 is 15.4 Å². The number of pyridine rings is 1. The van der Waals surface area contributed by atoms with Crippen LogP contribution >= 0.6 is 11.6 Å². The zero-order chi connectivity index (χ0) is 19.3. The van der Waals surface area contributed by atoms with Gasteiger partial charge in [0.1, 0.15) is 11.2 Å². The summed E-state index contributed by atoms with van der Waals surface area (Å²) in [5.74, 6) is -0.398. The first-order valence-electron chi connectivity index (χ1n) is 8.08. The van der Waals surface area contributed by atoms with Crippen LogP contribution in [-0.2, 0) is 16.1 Å². The molecule has 0 saturated heterocycles. The molecule has 1 heterocycles. The van der Waals surface area contributed by atoms with Gasteiger partial charge in [0.15, 0.2) is 0 Å². The first kappa shape index (κ1) is 19.7. The number of hydrogen-bond acceptors (Lipinski definition) is 4. The Labute approximate surface area is 157 Å². The smallest absolute Gasteiger partial charge is 0.239 e. The third kappa shape index (κ3) is 4.52. The molecule has 0 bridgehead atoms. The van der Waals surface area contributed by atoms with Gasteiger partial charge in [0, 0.05) is 30.0 Å². The maximum absolute atomic E-state index is 12.7. The number of halogens is 1. The highest BCUT2D eigenvalue weighted by Crippen LogP contribution is 2.32. The molecule has 6 nitrogen and oxygen atoms in total. The Hall–Kier alpha value is -2.60. The molecule has 0 aliphatic rings. The zero-order valence-electron chi connectivity index (χ0n) is 15.2. The van der Waals surface area contributed by atoms with Crippen LogP contribution < -0.4 is 15.4 Å². The molecular formula is C19H22ClN3O3. The van der Waals surface area contributed by atoms with Gasteiger partial charge in [-0.2, -0.15) is 0 Å². The summed E-state index contributed by atoms with van der Waals surface area (Å²) in [6.07, 6.45) is 3.32. The van der Waals surface area contributed by atoms with E-state index in [0.717, 1.165) is 11.1 Å². The van der Waals surface area contributed by atoms with Gasteiger partial charge in [0.05, 0.1) is 12.8 Å². The lowest BCUT2D eigenvalue weighted by Gasteiger charge is -2.23. The van der Waals surface area contributed by atoms with Crippen LogP contribution in [0.25, 0.3) is 0 Å². The van der Waals surface area contributed by atoms with Crippen molar-refractivity contribution in [3.63, 3.8) is 0 Å². The van der Waals surface area contributed by atoms with E-state index in [4.69, 9.17) is 16.3 Å². The van der Waals surface area contributed by atoms with E-state index in [9.17, 15) is 9.59 Å². The van der Waals surface area contributed by atoms with Crippen LogP contribution in [0, 0.1) is 12.3 Å². The molecular weight excluding hydrogens is 354 g/mol. The molecule has 26 heavy (non-hydrogen) atoms. The Balaban J connectivity index is 2.09. The van der Waals surface area contributed by atoms with E-state index in [1.165, 1.54) is 7.11 Å². The number of methoxy groups -OCH3 is 1. The number of nitrogens with one attached hydrogen (secondary N) is 2. The second-order valence-corrected chi connectivity index (χ2v) is 6.83. The van der Waals surface area contributed by atoms with Crippen molar-refractivity contribution in [2.24, 2.45) is 5.41 Å². The number of benzene rings is 1. The number of aromatic nitrogens is 1. The number of anilines is 1. The van der Waals surface area contributed by atoms with Crippen molar-refractivity contribution < 1.29 is 14.3 Å². The number of hydrogen-bond donors (Lipinski definition) is 2. The molecule has 2 aromatic rings. The molecule has 2 N–H and O–H groups in total. The molecule has 0 spiro atoms. The highest BCUT2D eigenvalue weighted by atomic mass is 35.5. The Morgan fingerprint density at radius 1 is 1.27 bits per heavy atom. The highest BCUT2D eigenvalue weighted by molar-refractivity contribution is 6.31. The van der Waals surface area contributed by atoms with Gasteiger partial charge in [0.25, 0.3) is 0 Å². The summed E-state index contributed by atoms with van der Waals surface area (Å²) in [6, 6.07) is 6.97. The fraction of sp³-hybridized carbons (Fsp3) is 0.316. The Kier molecular flexibility index (Phi) is 6.21. The normalized spacial score (nSPS) is 11.0. The fourth-order valence-corrected chi connectivity index (χ4v) is 2.37. The molecule has 0 aliphatic carbocycles. The van der Waals surface area contributed by atoms with Crippen molar-refractivity contribution in [1.82, 2.24) is 10.3 Å². The predicted octanol–water partition coefficient (Wildman–Crippen LogP) is 3.33. The molecule has 2 rings (SSSR count). The second-order valence-electron chi connectivity index (χ2n) is 6.42. The van der Waals surface area contributed by atoms with Gasteiger partial charge in [-0.05, 0) is 44.0 Å². The summed E-state index contributed by atoms with van der Waals surface area (Å²) in [7, 11) is 1.49. The number of aryl methyl sites for hydroxylation is 1. The monoisotopic (exact) mass is 375 g/mol. The first-order chi connectivity index (χ1) is 12.3. The number of carbonyl (C=O) groups is 2. The number of ether oxygens (including phenoxy) is 1. The molecule has 1 aromatic heterocycles. The molecule has 0 radical (unpaired) electrons. The summed E-state index contributed by atoms with van der Waals surface area (Å²) in [5, 5.41) is 6.05. The maximum atomic E-state index is 12.7. The third-order valence-corrected chi connectivity index (χ3v) is 4.45. The van der Waals surface area contributed by atoms with Crippen LogP contribution in [0.3, 0.4) is 0 Å². The number of amides is 2. The molecule has 0 atom stereocenters. The van der Waals surface area contributed by atoms with Crippen molar-refractivity contribution >= 4 is 29.1 Å². The van der Waals surface area contributed by atoms with Crippen molar-refractivity contribution in [2.45, 2.75) is 27.3 Å². The Morgan fingerprint density at radius 3 is 2.62 bits per heavy atom. The van der Waals surface area contributed by atoms with Crippen molar-refractivity contribution in [3.8, 4) is 5.75 Å². The largest absolute Gasteiger partial charge is 0.495 e. The number of carbonyl (C=O) groups excluding carboxylic acids is 2. The average Bonchev–Trinajstić information content (AvgIpc) is 2.63. The minimum atomic E-state index is -1.28. The summed E-state index contributed by atoms with van der Waals surface area (Å²) in [4.78, 5) is 29.2. The minimum absolute atomic E-state index is 0.298. The van der Waals surface area contributed by atoms with E-state index in [2.05, 4.69) is 15.6 Å². The van der Waals surface area contributed by atoms with Gasteiger partial charge in [-0.25, -0.2) is 0 Å². The van der Waals surface area contributed by atoms with Gasteiger partial charge in [-0.15, -0.1) is 0 Å². The summed E-state index contributed by atoms with van der Waals surface area (Å²) >= 11 is 6.08. The van der Waals surface area contributed by atoms with Crippen LogP contribution in [-0.4, -0.2) is 23.9 Å². The van der Waals surface area contributed by atoms with Crippen LogP contribution in [0.4, 0.5) is 5.69 Å². The second kappa shape index (κ2) is 8.19. The highest BCUT2D eigenvalue weighted by Gasteiger charge is 2.36. The van der Waals surface area contributed by atoms with E-state index < -0.39 is 11.3 Å². The van der Waals surface area contributed by atoms with Crippen molar-refractivity contribution in [3.05, 3.63) is 52.8 Å². The van der Waals surface area contributed by atoms with Crippen molar-refractivity contribution in [2.75, 3.05) is 12.4 Å². The fourth-order valence-electron chi connectivity index (χ4n) is 2.22. The number of nitrogens with zero attached hydrogens (tertiary/aromatic N) is 1. The van der Waals surface area contributed by atoms with Crippen LogP contribution in [0.15, 0.2) is 36.7 Å². The van der Waals surface area contributed by atoms with E-state index in [-0.39, 0.29) is 5.91 Å². The van der Waals surface area contributed by atoms with E-state index in [0.29, 0.717) is 23.0 Å². The van der Waals surface area contributed by atoms with Gasteiger partial charge >= 0.3 is 0 Å². The van der Waals surface area contributed by atoms with E-state index in [1.807, 2.05) is 13.0 Å². The number of rotatable bonds is 6. The van der Waals surface area contributed by atoms with Crippen molar-refractivity contribution in [1.29, 1.82) is 0 Å². The Bertz CT molecular complexity index is 807. The summed E-state index contributed by atoms with van der Waals surface area (Å²) < 4.78 is 5.25. The van der Waals surface area contributed by atoms with E-state index in [1.54, 1.807) is 44.4 Å². The van der Waals surface area contributed by atoms with Gasteiger partial charge in [-0.3, -0.25) is 14.6 Å². The molecule has 2 amide bonds. The Morgan fingerprint density at radius 2 is 2.00 bits per heavy atom. The standard InChI is InChI=1S/C19H22ClN3O3/c1-12-8-15(16(26-4)9-14(12)20)23-18(25)19(2,3)17(24)22-11-13-6-5-7-21-10-13/h5-10H,11H2,1-4H3,(H,22,24)(H,23,25). The molecule has 0 saturated carbocycles. The van der Waals surface area contributed by atoms with Gasteiger partial charge in [0.2, 0.25) is 11.8 Å². The SMILES string of the molecule is COc1cc(Cl)c(C)cc1NC(=O)C(C)(C)C(=O)NCc1cccnc1. The first-order valence-corrected chi connectivity index (χ1v) is 8.46. The molecule has 0 fully saturated rings. The van der Waals surface area contributed by atoms with Gasteiger partial charge in [-0.1, -0.05) is 17.7 Å². The lowest BCUT2D eigenvalue weighted by molar-refractivity contribution is -0.138. The lowest BCUT2D eigenvalue weighted by atomic mass is 9.90. The van der Waals surface area contributed by atoms with Crippen LogP contribution in [0.1, 0.15) is 25.0 Å². The molecule has 0 aliphatic heterocycles. The summed E-state index contributed by atoms with van der Waals surface area (Å²) in [6.45, 7) is 5.25. The molecule has 1 aromatic carbocycles. The quantitative estimate of drug-likeness (QED) is 0.759. The zero-order valence-corrected chi connectivity index (χ0v) is 16.0. The predicted molar refractivity (Wildman–Crippen MR) is 101 cm³/mol. The maximum Gasteiger partial charge on any atom is 0.239 e. The van der Waals surface area contributed by atoms with Crippen LogP contribution in [0.5, 0.6) is 5.75 Å². The lowest BCUT2D eigenvalue weighted by Crippen LogP contribution is -2.44.